The molecule has 1 heterocycles. The average molecular weight is 352 g/mol. The standard InChI is InChI=1S/C11H14BrNO5S/c12-10-9(19(13,15)16)5-8(18-10)11(14)17-6-7-3-1-2-4-7/h5,7H,1-4,6H2,(H2,13,15,16). The molecule has 0 bridgehead atoms. The number of carbonyl (C=O) groups excluding carboxylic acids is 1. The van der Waals surface area contributed by atoms with Crippen molar-refractivity contribution >= 4 is 31.9 Å². The Kier molecular flexibility index (Phi) is 4.32. The van der Waals surface area contributed by atoms with Gasteiger partial charge in [0, 0.05) is 6.07 Å². The molecule has 0 radical (unpaired) electrons. The maximum atomic E-state index is 11.7. The molecule has 0 aromatic carbocycles. The average Bonchev–Trinajstić information content (AvgIpc) is 2.93. The highest BCUT2D eigenvalue weighted by Crippen LogP contribution is 2.27. The van der Waals surface area contributed by atoms with E-state index in [1.807, 2.05) is 0 Å². The van der Waals surface area contributed by atoms with Crippen molar-refractivity contribution in [3.8, 4) is 0 Å². The first kappa shape index (κ1) is 14.5. The minimum atomic E-state index is -3.93. The van der Waals surface area contributed by atoms with Crippen LogP contribution in [0.25, 0.3) is 0 Å². The van der Waals surface area contributed by atoms with Crippen LogP contribution in [0, 0.1) is 5.92 Å². The van der Waals surface area contributed by atoms with Gasteiger partial charge >= 0.3 is 5.97 Å². The zero-order valence-electron chi connectivity index (χ0n) is 10.1. The van der Waals surface area contributed by atoms with Gasteiger partial charge in [0.25, 0.3) is 0 Å². The molecule has 1 aliphatic carbocycles. The van der Waals surface area contributed by atoms with Gasteiger partial charge in [0.1, 0.15) is 4.90 Å². The lowest BCUT2D eigenvalue weighted by molar-refractivity contribution is 0.0405. The number of esters is 1. The largest absolute Gasteiger partial charge is 0.460 e. The van der Waals surface area contributed by atoms with Crippen molar-refractivity contribution < 1.29 is 22.4 Å². The molecule has 19 heavy (non-hydrogen) atoms. The number of sulfonamides is 1. The van der Waals surface area contributed by atoms with Crippen LogP contribution in [0.1, 0.15) is 36.2 Å². The smallest absolute Gasteiger partial charge is 0.374 e. The van der Waals surface area contributed by atoms with Crippen molar-refractivity contribution in [3.63, 3.8) is 0 Å². The van der Waals surface area contributed by atoms with E-state index in [1.54, 1.807) is 0 Å². The summed E-state index contributed by atoms with van der Waals surface area (Å²) in [6, 6.07) is 1.07. The molecule has 1 aromatic rings. The van der Waals surface area contributed by atoms with E-state index in [-0.39, 0.29) is 15.3 Å². The summed E-state index contributed by atoms with van der Waals surface area (Å²) in [5.41, 5.74) is 0. The summed E-state index contributed by atoms with van der Waals surface area (Å²) < 4.78 is 32.4. The number of carbonyl (C=O) groups is 1. The molecule has 1 fully saturated rings. The van der Waals surface area contributed by atoms with Gasteiger partial charge in [-0.3, -0.25) is 0 Å². The van der Waals surface area contributed by atoms with E-state index >= 15 is 0 Å². The Hall–Kier alpha value is -0.860. The Morgan fingerprint density at radius 3 is 2.63 bits per heavy atom. The van der Waals surface area contributed by atoms with Crippen LogP contribution in [0.4, 0.5) is 0 Å². The summed E-state index contributed by atoms with van der Waals surface area (Å²) in [5, 5.41) is 4.97. The molecule has 0 unspecified atom stereocenters. The van der Waals surface area contributed by atoms with Gasteiger partial charge in [-0.1, -0.05) is 12.8 Å². The third-order valence-electron chi connectivity index (χ3n) is 3.09. The minimum Gasteiger partial charge on any atom is -0.460 e. The molecule has 0 amide bonds. The highest BCUT2D eigenvalue weighted by atomic mass is 79.9. The lowest BCUT2D eigenvalue weighted by atomic mass is 10.1. The SMILES string of the molecule is NS(=O)(=O)c1cc(C(=O)OCC2CCCC2)oc1Br. The predicted octanol–water partition coefficient (Wildman–Crippen LogP) is 2.04. The van der Waals surface area contributed by atoms with Crippen LogP contribution < -0.4 is 5.14 Å². The fourth-order valence-electron chi connectivity index (χ4n) is 2.09. The summed E-state index contributed by atoms with van der Waals surface area (Å²) in [7, 11) is -3.93. The molecule has 1 aliphatic rings. The van der Waals surface area contributed by atoms with E-state index in [0.29, 0.717) is 12.5 Å². The Morgan fingerprint density at radius 2 is 2.11 bits per heavy atom. The first-order chi connectivity index (χ1) is 8.88. The van der Waals surface area contributed by atoms with Crippen molar-refractivity contribution in [2.45, 2.75) is 30.6 Å². The molecule has 1 saturated carbocycles. The van der Waals surface area contributed by atoms with Crippen LogP contribution in [-0.4, -0.2) is 21.0 Å². The summed E-state index contributed by atoms with van der Waals surface area (Å²) >= 11 is 2.90. The fourth-order valence-corrected chi connectivity index (χ4v) is 3.59. The highest BCUT2D eigenvalue weighted by Gasteiger charge is 2.24. The van der Waals surface area contributed by atoms with E-state index in [1.165, 1.54) is 0 Å². The first-order valence-corrected chi connectivity index (χ1v) is 8.21. The van der Waals surface area contributed by atoms with Crippen LogP contribution >= 0.6 is 15.9 Å². The van der Waals surface area contributed by atoms with E-state index in [0.717, 1.165) is 31.7 Å². The number of rotatable bonds is 4. The quantitative estimate of drug-likeness (QED) is 0.836. The van der Waals surface area contributed by atoms with Gasteiger partial charge < -0.3 is 9.15 Å². The molecule has 8 heteroatoms. The molecule has 2 N–H and O–H groups in total. The number of nitrogens with two attached hydrogens (primary N) is 1. The van der Waals surface area contributed by atoms with Gasteiger partial charge in [-0.05, 0) is 34.7 Å². The maximum Gasteiger partial charge on any atom is 0.374 e. The molecule has 6 nitrogen and oxygen atoms in total. The third-order valence-corrected chi connectivity index (χ3v) is 4.86. The van der Waals surface area contributed by atoms with Crippen molar-refractivity contribution in [1.82, 2.24) is 0 Å². The number of furan rings is 1. The Balaban J connectivity index is 2.03. The molecule has 1 aromatic heterocycles. The van der Waals surface area contributed by atoms with Gasteiger partial charge in [0.05, 0.1) is 6.61 Å². The monoisotopic (exact) mass is 351 g/mol. The summed E-state index contributed by atoms with van der Waals surface area (Å²) in [6.07, 6.45) is 4.42. The maximum absolute atomic E-state index is 11.7. The normalized spacial score (nSPS) is 16.7. The zero-order chi connectivity index (χ0) is 14.0. The van der Waals surface area contributed by atoms with Gasteiger partial charge in [-0.2, -0.15) is 0 Å². The van der Waals surface area contributed by atoms with E-state index in [9.17, 15) is 13.2 Å². The molecular weight excluding hydrogens is 338 g/mol. The van der Waals surface area contributed by atoms with E-state index in [4.69, 9.17) is 14.3 Å². The minimum absolute atomic E-state index is 0.0946. The molecule has 0 spiro atoms. The van der Waals surface area contributed by atoms with Gasteiger partial charge in [-0.25, -0.2) is 18.4 Å². The van der Waals surface area contributed by atoms with Crippen LogP contribution in [0.2, 0.25) is 0 Å². The second kappa shape index (κ2) is 5.64. The van der Waals surface area contributed by atoms with Crippen LogP contribution in [0.3, 0.4) is 0 Å². The molecule has 0 saturated heterocycles. The Bertz CT molecular complexity index is 574. The number of hydrogen-bond donors (Lipinski definition) is 1. The Labute approximate surface area is 119 Å². The number of halogens is 1. The van der Waals surface area contributed by atoms with Crippen LogP contribution in [-0.2, 0) is 14.8 Å². The van der Waals surface area contributed by atoms with E-state index < -0.39 is 16.0 Å². The summed E-state index contributed by atoms with van der Waals surface area (Å²) in [6.45, 7) is 0.335. The predicted molar refractivity (Wildman–Crippen MR) is 70.0 cm³/mol. The van der Waals surface area contributed by atoms with Crippen molar-refractivity contribution in [2.24, 2.45) is 11.1 Å². The summed E-state index contributed by atoms with van der Waals surface area (Å²) in [4.78, 5) is 11.5. The summed E-state index contributed by atoms with van der Waals surface area (Å²) in [5.74, 6) is -0.462. The Morgan fingerprint density at radius 1 is 1.47 bits per heavy atom. The number of ether oxygens (including phenoxy) is 1. The van der Waals surface area contributed by atoms with Gasteiger partial charge in [0.15, 0.2) is 4.67 Å². The fraction of sp³-hybridized carbons (Fsp3) is 0.545. The number of hydrogen-bond acceptors (Lipinski definition) is 5. The van der Waals surface area contributed by atoms with Crippen LogP contribution in [0.15, 0.2) is 20.0 Å². The lowest BCUT2D eigenvalue weighted by Crippen LogP contribution is -2.12. The molecule has 106 valence electrons. The van der Waals surface area contributed by atoms with Crippen molar-refractivity contribution in [1.29, 1.82) is 0 Å². The molecule has 2 rings (SSSR count). The van der Waals surface area contributed by atoms with Crippen LogP contribution in [0.5, 0.6) is 0 Å². The second-order valence-electron chi connectivity index (χ2n) is 4.54. The van der Waals surface area contributed by atoms with Crippen molar-refractivity contribution in [2.75, 3.05) is 6.61 Å². The molecule has 0 aliphatic heterocycles. The first-order valence-electron chi connectivity index (χ1n) is 5.87. The van der Waals surface area contributed by atoms with E-state index in [2.05, 4.69) is 15.9 Å². The molecule has 0 atom stereocenters. The van der Waals surface area contributed by atoms with Crippen molar-refractivity contribution in [3.05, 3.63) is 16.5 Å². The topological polar surface area (TPSA) is 99.6 Å². The zero-order valence-corrected chi connectivity index (χ0v) is 12.5. The molecular formula is C11H14BrNO5S. The second-order valence-corrected chi connectivity index (χ2v) is 6.79. The van der Waals surface area contributed by atoms with Gasteiger partial charge in [-0.15, -0.1) is 0 Å². The highest BCUT2D eigenvalue weighted by molar-refractivity contribution is 9.10. The number of primary sulfonamides is 1. The van der Waals surface area contributed by atoms with Gasteiger partial charge in [0.2, 0.25) is 15.8 Å². The lowest BCUT2D eigenvalue weighted by Gasteiger charge is -2.08. The third kappa shape index (κ3) is 3.58.